The van der Waals surface area contributed by atoms with Gasteiger partial charge < -0.3 is 10.5 Å². The summed E-state index contributed by atoms with van der Waals surface area (Å²) in [4.78, 5) is 14.2. The third kappa shape index (κ3) is 1.84. The van der Waals surface area contributed by atoms with Crippen LogP contribution in [0.1, 0.15) is 10.4 Å². The first-order valence-electron chi connectivity index (χ1n) is 3.01. The predicted molar refractivity (Wildman–Crippen MR) is 44.0 cm³/mol. The molecule has 0 bridgehead atoms. The minimum atomic E-state index is -1.07. The number of hydrazine groups is 1. The zero-order valence-electron chi connectivity index (χ0n) is 5.91. The average Bonchev–Trinajstić information content (AvgIpc) is 2.03. The van der Waals surface area contributed by atoms with Crippen LogP contribution in [0.4, 0.5) is 5.82 Å². The van der Waals surface area contributed by atoms with Gasteiger partial charge in [0.2, 0.25) is 0 Å². The Balaban J connectivity index is 3.15. The van der Waals surface area contributed by atoms with Gasteiger partial charge in [-0.1, -0.05) is 11.6 Å². The zero-order valence-corrected chi connectivity index (χ0v) is 6.67. The lowest BCUT2D eigenvalue weighted by atomic mass is 10.3. The number of nitrogen functional groups attached to an aromatic ring is 1. The molecule has 1 heterocycles. The van der Waals surface area contributed by atoms with Crippen LogP contribution in [0.5, 0.6) is 0 Å². The van der Waals surface area contributed by atoms with Gasteiger partial charge in [0.25, 0.3) is 0 Å². The van der Waals surface area contributed by atoms with E-state index in [1.165, 1.54) is 12.1 Å². The van der Waals surface area contributed by atoms with E-state index in [0.29, 0.717) is 0 Å². The topological polar surface area (TPSA) is 88.2 Å². The molecular formula is C6H6ClN3O2. The normalized spacial score (nSPS) is 9.50. The highest BCUT2D eigenvalue weighted by atomic mass is 35.5. The number of carboxylic acid groups (broad SMARTS) is 1. The Labute approximate surface area is 73.1 Å². The van der Waals surface area contributed by atoms with Gasteiger partial charge in [-0.2, -0.15) is 0 Å². The van der Waals surface area contributed by atoms with Crippen molar-refractivity contribution in [2.75, 3.05) is 5.43 Å². The standard InChI is InChI=1S/C6H6ClN3O2/c7-4-1-3(6(11)12)2-5(9-4)10-8/h1-2H,8H2,(H,9,10)(H,11,12). The highest BCUT2D eigenvalue weighted by Crippen LogP contribution is 2.13. The first kappa shape index (κ1) is 8.76. The number of aromatic nitrogens is 1. The lowest BCUT2D eigenvalue weighted by molar-refractivity contribution is 0.0697. The SMILES string of the molecule is NNc1cc(C(=O)O)cc(Cl)n1. The summed E-state index contributed by atoms with van der Waals surface area (Å²) in [5.74, 6) is 4.17. The fourth-order valence-corrected chi connectivity index (χ4v) is 0.903. The maximum atomic E-state index is 10.5. The number of halogens is 1. The van der Waals surface area contributed by atoms with E-state index in [1.807, 2.05) is 0 Å². The second kappa shape index (κ2) is 3.38. The minimum Gasteiger partial charge on any atom is -0.478 e. The van der Waals surface area contributed by atoms with Crippen LogP contribution >= 0.6 is 11.6 Å². The second-order valence-electron chi connectivity index (χ2n) is 2.01. The number of carboxylic acids is 1. The van der Waals surface area contributed by atoms with Crippen molar-refractivity contribution in [1.82, 2.24) is 4.98 Å². The van der Waals surface area contributed by atoms with Gasteiger partial charge in [-0.05, 0) is 12.1 Å². The number of aromatic carboxylic acids is 1. The number of pyridine rings is 1. The first-order chi connectivity index (χ1) is 5.63. The maximum Gasteiger partial charge on any atom is 0.335 e. The first-order valence-corrected chi connectivity index (χ1v) is 3.39. The minimum absolute atomic E-state index is 0.0444. The number of carbonyl (C=O) groups is 1. The van der Waals surface area contributed by atoms with Crippen molar-refractivity contribution >= 4 is 23.4 Å². The molecule has 12 heavy (non-hydrogen) atoms. The molecule has 0 saturated heterocycles. The molecule has 64 valence electrons. The van der Waals surface area contributed by atoms with Crippen molar-refractivity contribution in [2.45, 2.75) is 0 Å². The molecule has 0 fully saturated rings. The van der Waals surface area contributed by atoms with E-state index in [0.717, 1.165) is 0 Å². The molecule has 0 saturated carbocycles. The number of nitrogens with one attached hydrogen (secondary N) is 1. The smallest absolute Gasteiger partial charge is 0.335 e. The molecule has 0 aliphatic rings. The van der Waals surface area contributed by atoms with Gasteiger partial charge in [-0.3, -0.25) is 0 Å². The third-order valence-corrected chi connectivity index (χ3v) is 1.38. The molecule has 5 nitrogen and oxygen atoms in total. The largest absolute Gasteiger partial charge is 0.478 e. The molecule has 0 radical (unpaired) electrons. The molecule has 1 rings (SSSR count). The van der Waals surface area contributed by atoms with Gasteiger partial charge in [0, 0.05) is 0 Å². The Morgan fingerprint density at radius 3 is 2.83 bits per heavy atom. The molecule has 0 atom stereocenters. The third-order valence-electron chi connectivity index (χ3n) is 1.19. The van der Waals surface area contributed by atoms with Crippen molar-refractivity contribution in [3.8, 4) is 0 Å². The maximum absolute atomic E-state index is 10.5. The van der Waals surface area contributed by atoms with Crippen molar-refractivity contribution in [1.29, 1.82) is 0 Å². The number of rotatable bonds is 2. The van der Waals surface area contributed by atoms with Crippen molar-refractivity contribution < 1.29 is 9.90 Å². The van der Waals surface area contributed by atoms with Crippen molar-refractivity contribution in [3.05, 3.63) is 22.8 Å². The summed E-state index contributed by atoms with van der Waals surface area (Å²) >= 11 is 5.50. The predicted octanol–water partition coefficient (Wildman–Crippen LogP) is 0.719. The monoisotopic (exact) mass is 187 g/mol. The van der Waals surface area contributed by atoms with Gasteiger partial charge in [-0.15, -0.1) is 0 Å². The van der Waals surface area contributed by atoms with E-state index in [4.69, 9.17) is 22.6 Å². The summed E-state index contributed by atoms with van der Waals surface area (Å²) in [6.45, 7) is 0. The fraction of sp³-hybridized carbons (Fsp3) is 0. The van der Waals surface area contributed by atoms with E-state index in [-0.39, 0.29) is 16.5 Å². The van der Waals surface area contributed by atoms with Gasteiger partial charge in [0.15, 0.2) is 0 Å². The Kier molecular flexibility index (Phi) is 2.47. The van der Waals surface area contributed by atoms with Gasteiger partial charge >= 0.3 is 5.97 Å². The highest BCUT2D eigenvalue weighted by Gasteiger charge is 2.05. The zero-order chi connectivity index (χ0) is 9.14. The van der Waals surface area contributed by atoms with Crippen LogP contribution in [0, 0.1) is 0 Å². The van der Waals surface area contributed by atoms with Crippen LogP contribution in [-0.4, -0.2) is 16.1 Å². The Bertz CT molecular complexity index is 316. The molecule has 0 aromatic carbocycles. The van der Waals surface area contributed by atoms with Crippen molar-refractivity contribution in [2.24, 2.45) is 5.84 Å². The van der Waals surface area contributed by atoms with E-state index < -0.39 is 5.97 Å². The molecule has 0 unspecified atom stereocenters. The number of hydrogen-bond acceptors (Lipinski definition) is 4. The Morgan fingerprint density at radius 2 is 2.33 bits per heavy atom. The summed E-state index contributed by atoms with van der Waals surface area (Å²) in [6.07, 6.45) is 0. The molecular weight excluding hydrogens is 182 g/mol. The molecule has 1 aromatic rings. The summed E-state index contributed by atoms with van der Waals surface area (Å²) in [7, 11) is 0. The molecule has 0 aliphatic heterocycles. The van der Waals surface area contributed by atoms with E-state index in [9.17, 15) is 4.79 Å². The van der Waals surface area contributed by atoms with Crippen LogP contribution < -0.4 is 11.3 Å². The number of nitrogens with zero attached hydrogens (tertiary/aromatic N) is 1. The second-order valence-corrected chi connectivity index (χ2v) is 2.40. The molecule has 4 N–H and O–H groups in total. The molecule has 0 aliphatic carbocycles. The lowest BCUT2D eigenvalue weighted by Crippen LogP contribution is -2.10. The highest BCUT2D eigenvalue weighted by molar-refractivity contribution is 6.29. The quantitative estimate of drug-likeness (QED) is 0.361. The lowest BCUT2D eigenvalue weighted by Gasteiger charge is -2.00. The summed E-state index contributed by atoms with van der Waals surface area (Å²) in [5.41, 5.74) is 2.25. The van der Waals surface area contributed by atoms with Crippen LogP contribution in [0.15, 0.2) is 12.1 Å². The van der Waals surface area contributed by atoms with Gasteiger partial charge in [-0.25, -0.2) is 15.6 Å². The number of anilines is 1. The van der Waals surface area contributed by atoms with E-state index >= 15 is 0 Å². The average molecular weight is 188 g/mol. The number of nitrogens with two attached hydrogens (primary N) is 1. The Hall–Kier alpha value is -1.33. The molecule has 0 spiro atoms. The number of hydrogen-bond donors (Lipinski definition) is 3. The summed E-state index contributed by atoms with van der Waals surface area (Å²) in [5, 5.41) is 8.66. The van der Waals surface area contributed by atoms with Crippen LogP contribution in [0.3, 0.4) is 0 Å². The molecule has 6 heteroatoms. The van der Waals surface area contributed by atoms with Gasteiger partial charge in [0.05, 0.1) is 5.56 Å². The Morgan fingerprint density at radius 1 is 1.67 bits per heavy atom. The van der Waals surface area contributed by atoms with Gasteiger partial charge in [0.1, 0.15) is 11.0 Å². The van der Waals surface area contributed by atoms with Crippen LogP contribution in [-0.2, 0) is 0 Å². The van der Waals surface area contributed by atoms with Crippen LogP contribution in [0.2, 0.25) is 5.15 Å². The van der Waals surface area contributed by atoms with E-state index in [1.54, 1.807) is 0 Å². The van der Waals surface area contributed by atoms with E-state index in [2.05, 4.69) is 10.4 Å². The fourth-order valence-electron chi connectivity index (χ4n) is 0.694. The summed E-state index contributed by atoms with van der Waals surface area (Å²) < 4.78 is 0. The molecule has 1 aromatic heterocycles. The van der Waals surface area contributed by atoms with Crippen molar-refractivity contribution in [3.63, 3.8) is 0 Å². The van der Waals surface area contributed by atoms with Crippen LogP contribution in [0.25, 0.3) is 0 Å². The summed E-state index contributed by atoms with van der Waals surface area (Å²) in [6, 6.07) is 2.53. The molecule has 0 amide bonds.